The van der Waals surface area contributed by atoms with E-state index in [1.165, 1.54) is 154 Å². The van der Waals surface area contributed by atoms with Gasteiger partial charge in [-0.25, -0.2) is 9.13 Å². The number of ether oxygens (including phenoxy) is 3. The molecule has 624 valence electrons. The zero-order valence-corrected chi connectivity index (χ0v) is 70.2. The smallest absolute Gasteiger partial charge is 0.463 e. The number of allylic oxidation sites excluding steroid dienone is 26. The van der Waals surface area contributed by atoms with Crippen LogP contribution in [-0.2, 0) is 55.8 Å². The molecule has 0 aliphatic rings. The number of carbonyl (C=O) groups is 3. The van der Waals surface area contributed by atoms with E-state index in [1.807, 2.05) is 12.2 Å². The molecule has 0 aromatic rings. The van der Waals surface area contributed by atoms with E-state index >= 15 is 0 Å². The summed E-state index contributed by atoms with van der Waals surface area (Å²) < 4.78 is 61.2. The molecule has 0 amide bonds. The van der Waals surface area contributed by atoms with E-state index in [0.717, 1.165) is 122 Å². The Morgan fingerprint density at radius 2 is 0.495 bits per heavy atom. The average Bonchev–Trinajstić information content (AvgIpc) is 0.903. The normalized spacial score (nSPS) is 14.7. The summed E-state index contributed by atoms with van der Waals surface area (Å²) in [7, 11) is -9.83. The quantitative estimate of drug-likeness (QED) is 0.0146. The number of aliphatic hydroxyl groups excluding tert-OH is 2. The zero-order chi connectivity index (χ0) is 79.4. The maximum Gasteiger partial charge on any atom is 0.472 e. The molecule has 0 fully saturated rings. The fraction of sp³-hybridized carbons (Fsp3) is 0.681. The van der Waals surface area contributed by atoms with Crippen LogP contribution in [0.1, 0.15) is 342 Å². The molecule has 0 aromatic carbocycles. The lowest BCUT2D eigenvalue weighted by molar-refractivity contribution is -0.161. The fourth-order valence-electron chi connectivity index (χ4n) is 11.2. The lowest BCUT2D eigenvalue weighted by Crippen LogP contribution is -2.30. The van der Waals surface area contributed by atoms with Gasteiger partial charge in [0, 0.05) is 19.3 Å². The van der Waals surface area contributed by atoms with Gasteiger partial charge in [0.15, 0.2) is 6.10 Å². The number of phosphoric acid groups is 2. The second kappa shape index (κ2) is 82.6. The fourth-order valence-corrected chi connectivity index (χ4v) is 12.8. The molecular weight excluding hydrogens is 1410 g/mol. The lowest BCUT2D eigenvalue weighted by atomic mass is 10.0. The van der Waals surface area contributed by atoms with Crippen LogP contribution in [-0.4, -0.2) is 95.9 Å². The number of hydrogen-bond donors (Lipinski definition) is 4. The van der Waals surface area contributed by atoms with Crippen LogP contribution in [0, 0.1) is 0 Å². The minimum Gasteiger partial charge on any atom is -0.463 e. The van der Waals surface area contributed by atoms with Gasteiger partial charge in [0.25, 0.3) is 0 Å². The molecular formula is C91H154O16P2. The molecule has 0 aromatic heterocycles. The Hall–Kier alpha value is -4.83. The van der Waals surface area contributed by atoms with E-state index < -0.39 is 91.5 Å². The van der Waals surface area contributed by atoms with E-state index in [-0.39, 0.29) is 19.3 Å². The molecule has 0 saturated carbocycles. The maximum atomic E-state index is 13.0. The third kappa shape index (κ3) is 83.9. The number of esters is 3. The number of carbonyl (C=O) groups excluding carboxylic acids is 3. The van der Waals surface area contributed by atoms with Crippen molar-refractivity contribution in [1.29, 1.82) is 0 Å². The van der Waals surface area contributed by atoms with E-state index in [9.17, 15) is 43.5 Å². The summed E-state index contributed by atoms with van der Waals surface area (Å²) in [5.41, 5.74) is 0. The van der Waals surface area contributed by atoms with Crippen LogP contribution in [0.3, 0.4) is 0 Å². The summed E-state index contributed by atoms with van der Waals surface area (Å²) in [6.45, 7) is 2.43. The first kappa shape index (κ1) is 104. The molecule has 0 heterocycles. The van der Waals surface area contributed by atoms with Crippen LogP contribution < -0.4 is 0 Å². The standard InChI is InChI=1S/C91H154O16P2/c1-4-7-10-13-16-19-22-25-28-31-33-35-36-37-38-39-40-41-42-43-44-45-46-47-48-50-52-54-56-59-62-65-68-71-74-77-89(94)101-80-86(92)81-103-108(97,98)104-82-87(93)83-105-109(99,100)106-85-88(107-91(96)79-76-73-70-67-64-61-58-53-30-27-24-21-18-15-12-9-6-3)84-102-90(95)78-75-72-69-66-63-60-57-55-51-49-34-32-29-26-23-20-17-14-11-8-5-2/h9,12,16-21,25-30,33-35,37-38,49,55,57-58,61,67,70,86-88,92-93H,4-8,10-11,13-15,22-24,31-32,36,39-48,50-54,56,59-60,62-66,68-69,71-85H2,1-3H3,(H,97,98)(H,99,100)/b12-9-,19-16-,20-17-,21-18-,28-25-,29-26-,30-27-,35-33-,38-37-,49-34-,57-55-,61-58-,70-67-. The van der Waals surface area contributed by atoms with Crippen molar-refractivity contribution < 1.29 is 75.8 Å². The van der Waals surface area contributed by atoms with Crippen LogP contribution in [0.5, 0.6) is 0 Å². The van der Waals surface area contributed by atoms with Crippen LogP contribution in [0.4, 0.5) is 0 Å². The summed E-state index contributed by atoms with van der Waals surface area (Å²) >= 11 is 0. The van der Waals surface area contributed by atoms with Gasteiger partial charge < -0.3 is 34.2 Å². The number of hydrogen-bond acceptors (Lipinski definition) is 14. The molecule has 16 nitrogen and oxygen atoms in total. The third-order valence-electron chi connectivity index (χ3n) is 17.7. The molecule has 0 aliphatic heterocycles. The summed E-state index contributed by atoms with van der Waals surface area (Å²) in [5.74, 6) is -1.66. The molecule has 0 radical (unpaired) electrons. The van der Waals surface area contributed by atoms with E-state index in [4.69, 9.17) is 32.3 Å². The number of phosphoric ester groups is 2. The summed E-state index contributed by atoms with van der Waals surface area (Å²) in [6, 6.07) is 0. The Labute approximate surface area is 663 Å². The van der Waals surface area contributed by atoms with Crippen LogP contribution in [0.2, 0.25) is 0 Å². The molecule has 0 bridgehead atoms. The highest BCUT2D eigenvalue weighted by atomic mass is 31.2. The minimum absolute atomic E-state index is 0.0173. The molecule has 109 heavy (non-hydrogen) atoms. The van der Waals surface area contributed by atoms with Gasteiger partial charge in [-0.2, -0.15) is 0 Å². The topological polar surface area (TPSA) is 231 Å². The summed E-state index contributed by atoms with van der Waals surface area (Å²) in [5, 5.41) is 20.7. The summed E-state index contributed by atoms with van der Waals surface area (Å²) in [6.07, 6.45) is 105. The van der Waals surface area contributed by atoms with E-state index in [0.29, 0.717) is 25.7 Å². The van der Waals surface area contributed by atoms with Gasteiger partial charge in [0.05, 0.1) is 26.4 Å². The largest absolute Gasteiger partial charge is 0.472 e. The third-order valence-corrected chi connectivity index (χ3v) is 19.6. The zero-order valence-electron chi connectivity index (χ0n) is 68.4. The number of aliphatic hydroxyl groups is 2. The van der Waals surface area contributed by atoms with Crippen molar-refractivity contribution in [3.8, 4) is 0 Å². The van der Waals surface area contributed by atoms with Crippen LogP contribution in [0.25, 0.3) is 0 Å². The second-order valence-electron chi connectivity index (χ2n) is 28.2. The van der Waals surface area contributed by atoms with Gasteiger partial charge in [-0.1, -0.05) is 333 Å². The van der Waals surface area contributed by atoms with Gasteiger partial charge in [-0.15, -0.1) is 0 Å². The van der Waals surface area contributed by atoms with Gasteiger partial charge in [0.1, 0.15) is 25.4 Å². The molecule has 0 saturated heterocycles. The van der Waals surface area contributed by atoms with Crippen molar-refractivity contribution in [2.45, 2.75) is 360 Å². The first-order valence-corrected chi connectivity index (χ1v) is 45.8. The first-order valence-electron chi connectivity index (χ1n) is 42.8. The highest BCUT2D eigenvalue weighted by Crippen LogP contribution is 2.45. The Morgan fingerprint density at radius 3 is 0.798 bits per heavy atom. The molecule has 0 aliphatic carbocycles. The van der Waals surface area contributed by atoms with E-state index in [1.54, 1.807) is 0 Å². The predicted molar refractivity (Wildman–Crippen MR) is 454 cm³/mol. The van der Waals surface area contributed by atoms with Crippen molar-refractivity contribution in [3.63, 3.8) is 0 Å². The van der Waals surface area contributed by atoms with Crippen molar-refractivity contribution in [1.82, 2.24) is 0 Å². The van der Waals surface area contributed by atoms with Crippen LogP contribution in [0.15, 0.2) is 158 Å². The van der Waals surface area contributed by atoms with E-state index in [2.05, 4.69) is 167 Å². The lowest BCUT2D eigenvalue weighted by Gasteiger charge is -2.21. The predicted octanol–water partition coefficient (Wildman–Crippen LogP) is 25.8. The highest BCUT2D eigenvalue weighted by molar-refractivity contribution is 7.47. The number of rotatable bonds is 80. The van der Waals surface area contributed by atoms with Gasteiger partial charge in [-0.05, 0) is 148 Å². The Bertz CT molecular complexity index is 2610. The molecule has 0 rings (SSSR count). The second-order valence-corrected chi connectivity index (χ2v) is 31.2. The SMILES string of the molecule is CC/C=C\C/C=C\C/C=C\C/C=C\C/C=C\CCCC(=O)OC(COC(=O)CCCCCCC/C=C\C/C=C\C/C=C\C/C=C\CCCCC)COP(=O)(O)OCC(O)COP(=O)(O)OCC(O)COC(=O)CCCCCCCCCCCCCCCCCCCCC/C=C\C/C=C\C/C=C\C/C=C\CCCCC. The van der Waals surface area contributed by atoms with Crippen molar-refractivity contribution in [3.05, 3.63) is 158 Å². The van der Waals surface area contributed by atoms with Gasteiger partial charge in [0.2, 0.25) is 0 Å². The molecule has 4 N–H and O–H groups in total. The van der Waals surface area contributed by atoms with Crippen molar-refractivity contribution >= 4 is 33.6 Å². The Balaban J connectivity index is 4.49. The van der Waals surface area contributed by atoms with Crippen molar-refractivity contribution in [2.75, 3.05) is 39.6 Å². The summed E-state index contributed by atoms with van der Waals surface area (Å²) in [4.78, 5) is 58.7. The maximum absolute atomic E-state index is 13.0. The molecule has 5 unspecified atom stereocenters. The molecule has 0 spiro atoms. The average molecular weight is 1570 g/mol. The minimum atomic E-state index is -4.96. The molecule has 5 atom stereocenters. The Kier molecular flexibility index (Phi) is 79.0. The highest BCUT2D eigenvalue weighted by Gasteiger charge is 2.29. The molecule has 18 heteroatoms. The first-order chi connectivity index (χ1) is 53.2. The van der Waals surface area contributed by atoms with Crippen molar-refractivity contribution in [2.24, 2.45) is 0 Å². The number of unbranched alkanes of at least 4 members (excludes halogenated alkanes) is 31. The van der Waals surface area contributed by atoms with Gasteiger partial charge >= 0.3 is 33.6 Å². The monoisotopic (exact) mass is 1570 g/mol. The van der Waals surface area contributed by atoms with Gasteiger partial charge in [-0.3, -0.25) is 32.5 Å². The van der Waals surface area contributed by atoms with Crippen LogP contribution >= 0.6 is 15.6 Å². The Morgan fingerprint density at radius 1 is 0.266 bits per heavy atom.